The Kier molecular flexibility index (Phi) is 7.06. The topological polar surface area (TPSA) is 64.3 Å². The van der Waals surface area contributed by atoms with Crippen LogP contribution in [0.5, 0.6) is 0 Å². The lowest BCUT2D eigenvalue weighted by atomic mass is 10.2. The summed E-state index contributed by atoms with van der Waals surface area (Å²) in [6.45, 7) is 9.35. The van der Waals surface area contributed by atoms with Crippen molar-refractivity contribution in [1.82, 2.24) is 5.32 Å². The molecule has 0 saturated carbocycles. The largest absolute Gasteiger partial charge is 0.375 e. The van der Waals surface area contributed by atoms with Crippen molar-refractivity contribution in [3.8, 4) is 0 Å². The van der Waals surface area contributed by atoms with Crippen LogP contribution in [0, 0.1) is 5.92 Å². The van der Waals surface area contributed by atoms with Gasteiger partial charge in [0.25, 0.3) is 0 Å². The van der Waals surface area contributed by atoms with E-state index in [1.54, 1.807) is 6.92 Å². The van der Waals surface area contributed by atoms with Gasteiger partial charge in [-0.2, -0.15) is 0 Å². The maximum absolute atomic E-state index is 11.2. The summed E-state index contributed by atoms with van der Waals surface area (Å²) >= 11 is 0. The zero-order valence-corrected chi connectivity index (χ0v) is 9.01. The summed E-state index contributed by atoms with van der Waals surface area (Å²) in [7, 11) is 0. The van der Waals surface area contributed by atoms with Crippen molar-refractivity contribution in [3.63, 3.8) is 0 Å². The minimum atomic E-state index is -0.129. The summed E-state index contributed by atoms with van der Waals surface area (Å²) in [5, 5.41) is 2.73. The molecule has 4 nitrogen and oxygen atoms in total. The number of ether oxygens (including phenoxy) is 1. The fourth-order valence-electron chi connectivity index (χ4n) is 0.774. The van der Waals surface area contributed by atoms with E-state index in [2.05, 4.69) is 11.9 Å². The molecule has 82 valence electrons. The van der Waals surface area contributed by atoms with Gasteiger partial charge in [-0.3, -0.25) is 4.79 Å². The zero-order chi connectivity index (χ0) is 11.0. The number of hydrogen-bond donors (Lipinski definition) is 2. The molecule has 0 aliphatic rings. The summed E-state index contributed by atoms with van der Waals surface area (Å²) in [5.41, 5.74) is 6.32. The molecule has 0 saturated heterocycles. The highest BCUT2D eigenvalue weighted by Gasteiger charge is 2.08. The van der Waals surface area contributed by atoms with Crippen molar-refractivity contribution in [2.45, 2.75) is 13.8 Å². The van der Waals surface area contributed by atoms with Crippen LogP contribution in [0.1, 0.15) is 13.8 Å². The van der Waals surface area contributed by atoms with E-state index in [0.717, 1.165) is 5.57 Å². The van der Waals surface area contributed by atoms with Gasteiger partial charge in [0.05, 0.1) is 13.2 Å². The van der Waals surface area contributed by atoms with Gasteiger partial charge in [0, 0.05) is 19.0 Å². The normalized spacial score (nSPS) is 12.2. The second-order valence-electron chi connectivity index (χ2n) is 3.44. The van der Waals surface area contributed by atoms with E-state index in [0.29, 0.717) is 26.3 Å². The Balaban J connectivity index is 3.36. The van der Waals surface area contributed by atoms with Crippen LogP contribution in [0.3, 0.4) is 0 Å². The second-order valence-corrected chi connectivity index (χ2v) is 3.44. The van der Waals surface area contributed by atoms with Crippen LogP contribution in [0.4, 0.5) is 0 Å². The third-order valence-electron chi connectivity index (χ3n) is 1.70. The smallest absolute Gasteiger partial charge is 0.224 e. The molecule has 0 spiro atoms. The van der Waals surface area contributed by atoms with Crippen molar-refractivity contribution >= 4 is 5.91 Å². The highest BCUT2D eigenvalue weighted by Crippen LogP contribution is 1.90. The van der Waals surface area contributed by atoms with Gasteiger partial charge in [-0.25, -0.2) is 0 Å². The van der Waals surface area contributed by atoms with Crippen LogP contribution in [0.2, 0.25) is 0 Å². The Morgan fingerprint density at radius 2 is 2.29 bits per heavy atom. The summed E-state index contributed by atoms with van der Waals surface area (Å²) in [4.78, 5) is 11.2. The van der Waals surface area contributed by atoms with Gasteiger partial charge in [-0.1, -0.05) is 19.1 Å². The van der Waals surface area contributed by atoms with Crippen molar-refractivity contribution in [2.75, 3.05) is 26.3 Å². The summed E-state index contributed by atoms with van der Waals surface area (Å²) in [5.74, 6) is -0.150. The molecule has 3 N–H and O–H groups in total. The molecule has 0 aliphatic carbocycles. The maximum atomic E-state index is 11.2. The van der Waals surface area contributed by atoms with Crippen LogP contribution in [0.15, 0.2) is 12.2 Å². The van der Waals surface area contributed by atoms with Gasteiger partial charge in [-0.15, -0.1) is 0 Å². The van der Waals surface area contributed by atoms with Crippen LogP contribution in [0.25, 0.3) is 0 Å². The van der Waals surface area contributed by atoms with E-state index in [1.165, 1.54) is 0 Å². The molecule has 0 heterocycles. The lowest BCUT2D eigenvalue weighted by Crippen LogP contribution is -2.35. The third kappa shape index (κ3) is 6.62. The molecule has 0 radical (unpaired) electrons. The van der Waals surface area contributed by atoms with E-state index in [1.807, 2.05) is 6.92 Å². The molecule has 0 aliphatic heterocycles. The minimum absolute atomic E-state index is 0.0218. The molecule has 4 heteroatoms. The van der Waals surface area contributed by atoms with Crippen molar-refractivity contribution in [1.29, 1.82) is 0 Å². The van der Waals surface area contributed by atoms with E-state index in [4.69, 9.17) is 10.5 Å². The van der Waals surface area contributed by atoms with Crippen LogP contribution >= 0.6 is 0 Å². The van der Waals surface area contributed by atoms with E-state index < -0.39 is 0 Å². The minimum Gasteiger partial charge on any atom is -0.375 e. The summed E-state index contributed by atoms with van der Waals surface area (Å²) in [6, 6.07) is 0. The zero-order valence-electron chi connectivity index (χ0n) is 9.01. The first-order valence-corrected chi connectivity index (χ1v) is 4.77. The average molecular weight is 200 g/mol. The lowest BCUT2D eigenvalue weighted by molar-refractivity contribution is -0.124. The third-order valence-corrected chi connectivity index (χ3v) is 1.70. The Morgan fingerprint density at radius 1 is 1.64 bits per heavy atom. The van der Waals surface area contributed by atoms with Gasteiger partial charge in [0.1, 0.15) is 0 Å². The molecule has 1 atom stereocenters. The van der Waals surface area contributed by atoms with Crippen LogP contribution < -0.4 is 11.1 Å². The SMILES string of the molecule is C=C(C)COCCNC(=O)C(C)CN. The first-order valence-electron chi connectivity index (χ1n) is 4.77. The van der Waals surface area contributed by atoms with Gasteiger partial charge in [0.2, 0.25) is 5.91 Å². The first-order chi connectivity index (χ1) is 6.57. The molecular weight excluding hydrogens is 180 g/mol. The first kappa shape index (κ1) is 13.1. The molecular formula is C10H20N2O2. The fraction of sp³-hybridized carbons (Fsp3) is 0.700. The monoisotopic (exact) mass is 200 g/mol. The molecule has 0 rings (SSSR count). The van der Waals surface area contributed by atoms with Gasteiger partial charge in [-0.05, 0) is 6.92 Å². The number of nitrogens with two attached hydrogens (primary N) is 1. The fourth-order valence-corrected chi connectivity index (χ4v) is 0.774. The van der Waals surface area contributed by atoms with E-state index in [-0.39, 0.29) is 11.8 Å². The van der Waals surface area contributed by atoms with Crippen molar-refractivity contribution < 1.29 is 9.53 Å². The molecule has 0 aromatic rings. The maximum Gasteiger partial charge on any atom is 0.224 e. The molecule has 0 aromatic heterocycles. The summed E-state index contributed by atoms with van der Waals surface area (Å²) < 4.78 is 5.21. The number of nitrogens with one attached hydrogen (secondary N) is 1. The molecule has 0 bridgehead atoms. The Bertz CT molecular complexity index is 193. The Hall–Kier alpha value is -0.870. The van der Waals surface area contributed by atoms with Crippen LogP contribution in [-0.2, 0) is 9.53 Å². The number of amides is 1. The lowest BCUT2D eigenvalue weighted by Gasteiger charge is -2.09. The van der Waals surface area contributed by atoms with Gasteiger partial charge in [0.15, 0.2) is 0 Å². The average Bonchev–Trinajstić information content (AvgIpc) is 2.15. The van der Waals surface area contributed by atoms with Crippen molar-refractivity contribution in [2.24, 2.45) is 11.7 Å². The number of carbonyl (C=O) groups excluding carboxylic acids is 1. The molecule has 14 heavy (non-hydrogen) atoms. The van der Waals surface area contributed by atoms with Crippen LogP contribution in [-0.4, -0.2) is 32.2 Å². The van der Waals surface area contributed by atoms with Gasteiger partial charge < -0.3 is 15.8 Å². The molecule has 1 amide bonds. The Morgan fingerprint density at radius 3 is 2.79 bits per heavy atom. The van der Waals surface area contributed by atoms with Gasteiger partial charge >= 0.3 is 0 Å². The highest BCUT2D eigenvalue weighted by molar-refractivity contribution is 5.78. The predicted octanol–water partition coefficient (Wildman–Crippen LogP) is 0.290. The quantitative estimate of drug-likeness (QED) is 0.458. The number of carbonyl (C=O) groups is 1. The molecule has 0 fully saturated rings. The predicted molar refractivity (Wildman–Crippen MR) is 56.9 cm³/mol. The molecule has 1 unspecified atom stereocenters. The van der Waals surface area contributed by atoms with E-state index in [9.17, 15) is 4.79 Å². The standard InChI is InChI=1S/C10H20N2O2/c1-8(2)7-14-5-4-12-10(13)9(3)6-11/h9H,1,4-7,11H2,2-3H3,(H,12,13). The Labute approximate surface area is 85.5 Å². The number of hydrogen-bond acceptors (Lipinski definition) is 3. The number of rotatable bonds is 7. The van der Waals surface area contributed by atoms with E-state index >= 15 is 0 Å². The highest BCUT2D eigenvalue weighted by atomic mass is 16.5. The second kappa shape index (κ2) is 7.53. The molecule has 0 aromatic carbocycles. The summed E-state index contributed by atoms with van der Waals surface area (Å²) in [6.07, 6.45) is 0. The van der Waals surface area contributed by atoms with Crippen molar-refractivity contribution in [3.05, 3.63) is 12.2 Å².